The lowest BCUT2D eigenvalue weighted by atomic mass is 10.2. The largest absolute Gasteiger partial charge is 0.383 e. The van der Waals surface area contributed by atoms with Gasteiger partial charge in [0.25, 0.3) is 0 Å². The molecule has 88 valence electrons. The zero-order valence-corrected chi connectivity index (χ0v) is 8.67. The number of rotatable bonds is 4. The number of hydrogen-bond acceptors (Lipinski definition) is 3. The van der Waals surface area contributed by atoms with Gasteiger partial charge in [0.15, 0.2) is 0 Å². The summed E-state index contributed by atoms with van der Waals surface area (Å²) in [5, 5.41) is 2.07. The zero-order valence-electron chi connectivity index (χ0n) is 8.67. The van der Waals surface area contributed by atoms with Gasteiger partial charge in [-0.1, -0.05) is 6.07 Å². The Kier molecular flexibility index (Phi) is 4.33. The highest BCUT2D eigenvalue weighted by Crippen LogP contribution is 2.17. The molecule has 0 spiro atoms. The molecule has 1 atom stereocenters. The standard InChI is InChI=1S/C10H12F2N2O2/c1-16-5-8(13)10(15)14-9-6(11)3-2-4-7(9)12/h2-4,8H,5,13H2,1H3,(H,14,15). The fourth-order valence-corrected chi connectivity index (χ4v) is 1.09. The lowest BCUT2D eigenvalue weighted by molar-refractivity contribution is -0.118. The van der Waals surface area contributed by atoms with Gasteiger partial charge in [-0.05, 0) is 12.1 Å². The van der Waals surface area contributed by atoms with Gasteiger partial charge in [0.2, 0.25) is 5.91 Å². The lowest BCUT2D eigenvalue weighted by Gasteiger charge is -2.12. The average molecular weight is 230 g/mol. The molecule has 0 saturated heterocycles. The van der Waals surface area contributed by atoms with Crippen LogP contribution in [0.15, 0.2) is 18.2 Å². The molecule has 0 heterocycles. The maximum Gasteiger partial charge on any atom is 0.243 e. The molecule has 16 heavy (non-hydrogen) atoms. The van der Waals surface area contributed by atoms with Gasteiger partial charge >= 0.3 is 0 Å². The van der Waals surface area contributed by atoms with Crippen LogP contribution in [0.5, 0.6) is 0 Å². The Bertz CT molecular complexity index is 365. The Morgan fingerprint density at radius 1 is 1.50 bits per heavy atom. The minimum Gasteiger partial charge on any atom is -0.383 e. The van der Waals surface area contributed by atoms with Crippen molar-refractivity contribution in [1.82, 2.24) is 0 Å². The molecule has 0 aliphatic carbocycles. The van der Waals surface area contributed by atoms with Crippen molar-refractivity contribution < 1.29 is 18.3 Å². The molecule has 0 aliphatic heterocycles. The molecule has 1 aromatic carbocycles. The van der Waals surface area contributed by atoms with Gasteiger partial charge in [0.1, 0.15) is 23.4 Å². The first-order chi connectivity index (χ1) is 7.56. The van der Waals surface area contributed by atoms with Crippen molar-refractivity contribution in [3.8, 4) is 0 Å². The van der Waals surface area contributed by atoms with Crippen LogP contribution in [0.25, 0.3) is 0 Å². The number of nitrogens with one attached hydrogen (secondary N) is 1. The molecule has 1 aromatic rings. The van der Waals surface area contributed by atoms with Crippen LogP contribution in [-0.4, -0.2) is 25.7 Å². The van der Waals surface area contributed by atoms with E-state index in [0.29, 0.717) is 0 Å². The van der Waals surface area contributed by atoms with Crippen LogP contribution in [0.2, 0.25) is 0 Å². The van der Waals surface area contributed by atoms with Crippen LogP contribution in [0.4, 0.5) is 14.5 Å². The molecule has 0 aromatic heterocycles. The van der Waals surface area contributed by atoms with Crippen molar-refractivity contribution in [2.45, 2.75) is 6.04 Å². The van der Waals surface area contributed by atoms with Crippen LogP contribution in [0, 0.1) is 11.6 Å². The average Bonchev–Trinajstić information content (AvgIpc) is 2.23. The number of methoxy groups -OCH3 is 1. The van der Waals surface area contributed by atoms with Gasteiger partial charge < -0.3 is 15.8 Å². The molecule has 1 rings (SSSR count). The van der Waals surface area contributed by atoms with Gasteiger partial charge in [-0.15, -0.1) is 0 Å². The maximum absolute atomic E-state index is 13.1. The third-order valence-corrected chi connectivity index (χ3v) is 1.89. The highest BCUT2D eigenvalue weighted by molar-refractivity contribution is 5.94. The van der Waals surface area contributed by atoms with E-state index in [1.165, 1.54) is 13.2 Å². The van der Waals surface area contributed by atoms with E-state index in [4.69, 9.17) is 5.73 Å². The van der Waals surface area contributed by atoms with Crippen molar-refractivity contribution in [1.29, 1.82) is 0 Å². The summed E-state index contributed by atoms with van der Waals surface area (Å²) in [5.74, 6) is -2.40. The Hall–Kier alpha value is -1.53. The number of anilines is 1. The van der Waals surface area contributed by atoms with Gasteiger partial charge in [0, 0.05) is 7.11 Å². The summed E-state index contributed by atoms with van der Waals surface area (Å²) in [6, 6.07) is 2.32. The van der Waals surface area contributed by atoms with Crippen molar-refractivity contribution in [3.63, 3.8) is 0 Å². The van der Waals surface area contributed by atoms with Crippen LogP contribution in [0.1, 0.15) is 0 Å². The molecule has 0 saturated carbocycles. The minimum absolute atomic E-state index is 0.0259. The highest BCUT2D eigenvalue weighted by atomic mass is 19.1. The molecule has 0 aliphatic rings. The first-order valence-corrected chi connectivity index (χ1v) is 4.55. The van der Waals surface area contributed by atoms with E-state index in [1.54, 1.807) is 0 Å². The van der Waals surface area contributed by atoms with Crippen LogP contribution < -0.4 is 11.1 Å². The summed E-state index contributed by atoms with van der Waals surface area (Å²) in [6.45, 7) is -0.0259. The van der Waals surface area contributed by atoms with Crippen molar-refractivity contribution in [3.05, 3.63) is 29.8 Å². The third kappa shape index (κ3) is 2.98. The summed E-state index contributed by atoms with van der Waals surface area (Å²) in [7, 11) is 1.37. The van der Waals surface area contributed by atoms with Crippen LogP contribution in [-0.2, 0) is 9.53 Å². The van der Waals surface area contributed by atoms with E-state index in [1.807, 2.05) is 0 Å². The van der Waals surface area contributed by atoms with Gasteiger partial charge in [-0.3, -0.25) is 4.79 Å². The number of carbonyl (C=O) groups excluding carboxylic acids is 1. The number of halogens is 2. The second-order valence-electron chi connectivity index (χ2n) is 3.15. The predicted octanol–water partition coefficient (Wildman–Crippen LogP) is 0.877. The second-order valence-corrected chi connectivity index (χ2v) is 3.15. The Labute approximate surface area is 91.4 Å². The van der Waals surface area contributed by atoms with E-state index in [-0.39, 0.29) is 6.61 Å². The SMILES string of the molecule is COCC(N)C(=O)Nc1c(F)cccc1F. The van der Waals surface area contributed by atoms with Gasteiger partial charge in [-0.25, -0.2) is 8.78 Å². The molecule has 0 radical (unpaired) electrons. The lowest BCUT2D eigenvalue weighted by Crippen LogP contribution is -2.39. The number of benzene rings is 1. The summed E-state index contributed by atoms with van der Waals surface area (Å²) >= 11 is 0. The summed E-state index contributed by atoms with van der Waals surface area (Å²) < 4.78 is 30.9. The van der Waals surface area contributed by atoms with Crippen molar-refractivity contribution in [2.24, 2.45) is 5.73 Å². The van der Waals surface area contributed by atoms with Gasteiger partial charge in [-0.2, -0.15) is 0 Å². The smallest absolute Gasteiger partial charge is 0.243 e. The van der Waals surface area contributed by atoms with E-state index >= 15 is 0 Å². The topological polar surface area (TPSA) is 64.3 Å². The summed E-state index contributed by atoms with van der Waals surface area (Å²) in [5.41, 5.74) is 4.89. The quantitative estimate of drug-likeness (QED) is 0.806. The van der Waals surface area contributed by atoms with Crippen molar-refractivity contribution >= 4 is 11.6 Å². The number of ether oxygens (including phenoxy) is 1. The van der Waals surface area contributed by atoms with E-state index in [0.717, 1.165) is 12.1 Å². The number of carbonyl (C=O) groups is 1. The Morgan fingerprint density at radius 3 is 2.56 bits per heavy atom. The summed E-state index contributed by atoms with van der Waals surface area (Å²) in [4.78, 5) is 11.4. The first-order valence-electron chi connectivity index (χ1n) is 4.55. The molecule has 1 amide bonds. The normalized spacial score (nSPS) is 12.2. The molecular weight excluding hydrogens is 218 g/mol. The molecule has 4 nitrogen and oxygen atoms in total. The van der Waals surface area contributed by atoms with Crippen LogP contribution in [0.3, 0.4) is 0 Å². The Morgan fingerprint density at radius 2 is 2.06 bits per heavy atom. The van der Waals surface area contributed by atoms with E-state index in [2.05, 4.69) is 10.1 Å². The van der Waals surface area contributed by atoms with Crippen molar-refractivity contribution in [2.75, 3.05) is 19.0 Å². The maximum atomic E-state index is 13.1. The first kappa shape index (κ1) is 12.5. The number of nitrogens with two attached hydrogens (primary N) is 1. The molecule has 6 heteroatoms. The van der Waals surface area contributed by atoms with E-state index in [9.17, 15) is 13.6 Å². The molecular formula is C10H12F2N2O2. The monoisotopic (exact) mass is 230 g/mol. The molecule has 0 fully saturated rings. The predicted molar refractivity (Wildman–Crippen MR) is 54.8 cm³/mol. The van der Waals surface area contributed by atoms with E-state index < -0.39 is 29.3 Å². The third-order valence-electron chi connectivity index (χ3n) is 1.89. The second kappa shape index (κ2) is 5.53. The van der Waals surface area contributed by atoms with Crippen LogP contribution >= 0.6 is 0 Å². The summed E-state index contributed by atoms with van der Waals surface area (Å²) in [6.07, 6.45) is 0. The molecule has 3 N–H and O–H groups in total. The fourth-order valence-electron chi connectivity index (χ4n) is 1.09. The number of para-hydroxylation sites is 1. The number of amides is 1. The minimum atomic E-state index is -0.969. The molecule has 0 bridgehead atoms. The van der Waals surface area contributed by atoms with Gasteiger partial charge in [0.05, 0.1) is 6.61 Å². The Balaban J connectivity index is 2.77. The number of hydrogen-bond donors (Lipinski definition) is 2. The highest BCUT2D eigenvalue weighted by Gasteiger charge is 2.17. The molecule has 1 unspecified atom stereocenters. The fraction of sp³-hybridized carbons (Fsp3) is 0.300. The zero-order chi connectivity index (χ0) is 12.1.